The molecule has 0 spiro atoms. The van der Waals surface area contributed by atoms with Crippen LogP contribution in [0.1, 0.15) is 102 Å². The van der Waals surface area contributed by atoms with Crippen molar-refractivity contribution in [3.8, 4) is 56.5 Å². The highest BCUT2D eigenvalue weighted by Crippen LogP contribution is 2.54. The highest BCUT2D eigenvalue weighted by molar-refractivity contribution is 7.00. The second-order valence-corrected chi connectivity index (χ2v) is 30.7. The summed E-state index contributed by atoms with van der Waals surface area (Å²) in [6, 6.07) is 73.2. The highest BCUT2D eigenvalue weighted by Gasteiger charge is 2.46. The molecule has 498 valence electrons. The lowest BCUT2D eigenvalue weighted by molar-refractivity contribution is 0.590. The molecule has 104 heavy (non-hydrogen) atoms. The molecule has 0 fully saturated rings. The predicted octanol–water partition coefficient (Wildman–Crippen LogP) is 23.8. The quantitative estimate of drug-likeness (QED) is 0.142. The van der Waals surface area contributed by atoms with Gasteiger partial charge in [0, 0.05) is 77.6 Å². The van der Waals surface area contributed by atoms with E-state index in [1.54, 1.807) is 10.6 Å². The van der Waals surface area contributed by atoms with Crippen LogP contribution in [0.3, 0.4) is 0 Å². The van der Waals surface area contributed by atoms with Crippen molar-refractivity contribution in [3.63, 3.8) is 0 Å². The van der Waals surface area contributed by atoms with E-state index >= 15 is 0 Å². The van der Waals surface area contributed by atoms with E-state index in [0.717, 1.165) is 105 Å². The maximum atomic E-state index is 12.1. The van der Waals surface area contributed by atoms with E-state index in [-0.39, 0.29) is 38.2 Å². The first-order valence-electron chi connectivity index (χ1n) is 41.9. The van der Waals surface area contributed by atoms with Gasteiger partial charge >= 0.3 is 0 Å². The fraction of sp³-hybridized carbons (Fsp3) is 0.124. The lowest BCUT2D eigenvalue weighted by Gasteiger charge is -2.45. The van der Waals surface area contributed by atoms with Crippen molar-refractivity contribution >= 4 is 123 Å². The topological polar surface area (TPSA) is 45.1 Å². The standard InChI is InChI=1S/C97H77BN6/c1-95(2,3)66-43-49-86-78(52-66)79-53-67(96(4,5)6)44-50-87(79)102(86)71-58-91-93-92(59-71)104(94-76(62-29-15-11-16-30-62)54-68(97(7,8)9)55-77(94)63-31-17-12-18-32-63)90-57-70(101-84-39-25-21-35-74(84)75-36-22-26-40-85(75)101)46-47-80(90)98(93)81-51-64(61-27-13-10-14-28-61)42-48-88(81)103(91)89-56-69(45-41-65(89)60-99)100-82-37-23-19-33-72(82)73-34-20-24-38-83(73)100/h10-59H,1-9H3/i10D,13D,14D,21D,22D,25D,26D,27D,28D,35D,36D,39D,40D. The molecule has 14 aromatic carbocycles. The summed E-state index contributed by atoms with van der Waals surface area (Å²) in [6.07, 6.45) is 0. The van der Waals surface area contributed by atoms with Crippen LogP contribution < -0.4 is 26.2 Å². The van der Waals surface area contributed by atoms with Gasteiger partial charge in [0.15, 0.2) is 0 Å². The average Bonchev–Trinajstić information content (AvgIpc) is 1.36. The highest BCUT2D eigenvalue weighted by atomic mass is 15.2. The fourth-order valence-electron chi connectivity index (χ4n) is 16.3. The summed E-state index contributed by atoms with van der Waals surface area (Å²) in [5.74, 6) is 0. The van der Waals surface area contributed by atoms with Crippen molar-refractivity contribution in [3.05, 3.63) is 325 Å². The third kappa shape index (κ3) is 9.76. The monoisotopic (exact) mass is 1350 g/mol. The van der Waals surface area contributed by atoms with Crippen LogP contribution in [0.4, 0.5) is 34.1 Å². The molecule has 7 heteroatoms. The first-order valence-corrected chi connectivity index (χ1v) is 35.4. The molecule has 17 aromatic rings. The Hall–Kier alpha value is -12.4. The smallest absolute Gasteiger partial charge is 0.252 e. The number of anilines is 6. The molecule has 5 heterocycles. The maximum absolute atomic E-state index is 12.1. The van der Waals surface area contributed by atoms with Gasteiger partial charge in [-0.05, 0) is 181 Å². The Bertz CT molecular complexity index is 6990. The second-order valence-electron chi connectivity index (χ2n) is 30.7. The van der Waals surface area contributed by atoms with E-state index in [1.807, 2.05) is 103 Å². The van der Waals surface area contributed by atoms with Crippen molar-refractivity contribution in [2.24, 2.45) is 0 Å². The van der Waals surface area contributed by atoms with E-state index < -0.39 is 90.7 Å². The molecular formula is C97H77BN6. The van der Waals surface area contributed by atoms with Crippen LogP contribution >= 0.6 is 0 Å². The van der Waals surface area contributed by atoms with Crippen LogP contribution in [0.5, 0.6) is 0 Å². The number of aromatic nitrogens is 3. The molecule has 0 N–H and O–H groups in total. The molecule has 0 radical (unpaired) electrons. The maximum Gasteiger partial charge on any atom is 0.252 e. The zero-order chi connectivity index (χ0) is 82.0. The number of nitriles is 1. The number of para-hydroxylation sites is 4. The summed E-state index contributed by atoms with van der Waals surface area (Å²) in [5.41, 5.74) is 17.5. The zero-order valence-electron chi connectivity index (χ0n) is 72.1. The number of fused-ring (bicyclic) bond motifs is 13. The summed E-state index contributed by atoms with van der Waals surface area (Å²) in [4.78, 5) is 4.48. The Kier molecular flexibility index (Phi) is 11.2. The van der Waals surface area contributed by atoms with E-state index in [0.29, 0.717) is 56.2 Å². The summed E-state index contributed by atoms with van der Waals surface area (Å²) in [6.45, 7) is 19.1. The summed E-state index contributed by atoms with van der Waals surface area (Å²) in [5, 5.41) is 16.0. The lowest BCUT2D eigenvalue weighted by atomic mass is 9.33. The van der Waals surface area contributed by atoms with Crippen molar-refractivity contribution < 1.29 is 17.8 Å². The van der Waals surface area contributed by atoms with Crippen molar-refractivity contribution in [2.45, 2.75) is 78.6 Å². The molecule has 2 aliphatic rings. The first-order chi connectivity index (χ1) is 55.9. The Morgan fingerprint density at radius 3 is 1.35 bits per heavy atom. The first kappa shape index (κ1) is 50.1. The van der Waals surface area contributed by atoms with Gasteiger partial charge in [-0.1, -0.05) is 256 Å². The Balaban J connectivity index is 1.05. The Morgan fingerprint density at radius 2 is 0.788 bits per heavy atom. The number of nitrogens with zero attached hydrogens (tertiary/aromatic N) is 6. The van der Waals surface area contributed by atoms with Crippen LogP contribution in [-0.4, -0.2) is 20.4 Å². The minimum Gasteiger partial charge on any atom is -0.310 e. The average molecular weight is 1350 g/mol. The van der Waals surface area contributed by atoms with E-state index in [1.165, 1.54) is 0 Å². The molecule has 6 nitrogen and oxygen atoms in total. The third-order valence-corrected chi connectivity index (χ3v) is 21.4. The molecule has 3 aromatic heterocycles. The molecule has 0 saturated carbocycles. The number of hydrogen-bond donors (Lipinski definition) is 0. The van der Waals surface area contributed by atoms with Gasteiger partial charge in [0.25, 0.3) is 6.71 Å². The molecule has 19 rings (SSSR count). The normalized spacial score (nSPS) is 14.7. The number of hydrogen-bond acceptors (Lipinski definition) is 3. The SMILES string of the molecule is [2H]c1c([2H])c([2H])c(-c2ccc3c(c2)B2c4ccc(-n5c6c([2H])c([2H])c([2H])c([2H])c6c6c([2H])c([2H])c([2H])c([2H])c65)cc4N(c4c(-c5ccccc5)cc(C(C)(C)C)cc4-c4ccccc4)c4cc(-n5c6ccc(C(C)(C)C)cc6c6cc(C(C)(C)C)ccc65)cc(c42)N3c2cc(-n3c4ccccc4c4ccccc43)ccc2C#N)c([2H])c1[2H]. The van der Waals surface area contributed by atoms with E-state index in [4.69, 9.17) is 6.85 Å². The van der Waals surface area contributed by atoms with Crippen LogP contribution in [0.15, 0.2) is 303 Å². The predicted molar refractivity (Wildman–Crippen MR) is 441 cm³/mol. The molecule has 2 aliphatic heterocycles. The third-order valence-electron chi connectivity index (χ3n) is 21.4. The summed E-state index contributed by atoms with van der Waals surface area (Å²) in [7, 11) is 0. The van der Waals surface area contributed by atoms with Gasteiger partial charge in [-0.3, -0.25) is 0 Å². The van der Waals surface area contributed by atoms with Gasteiger partial charge in [0.1, 0.15) is 6.07 Å². The Morgan fingerprint density at radius 1 is 0.317 bits per heavy atom. The van der Waals surface area contributed by atoms with E-state index in [2.05, 4.69) is 203 Å². The zero-order valence-corrected chi connectivity index (χ0v) is 59.1. The minimum atomic E-state index is -0.866. The molecule has 0 aliphatic carbocycles. The molecule has 0 bridgehead atoms. The molecule has 0 atom stereocenters. The van der Waals surface area contributed by atoms with Gasteiger partial charge in [-0.25, -0.2) is 0 Å². The Labute approximate surface area is 626 Å². The fourth-order valence-corrected chi connectivity index (χ4v) is 16.3. The largest absolute Gasteiger partial charge is 0.310 e. The second kappa shape index (κ2) is 23.3. The summed E-state index contributed by atoms with van der Waals surface area (Å²) < 4.78 is 129. The lowest BCUT2D eigenvalue weighted by Crippen LogP contribution is -2.61. The van der Waals surface area contributed by atoms with Crippen LogP contribution in [-0.2, 0) is 16.2 Å². The van der Waals surface area contributed by atoms with E-state index in [9.17, 15) is 16.2 Å². The molecule has 0 saturated heterocycles. The van der Waals surface area contributed by atoms with Crippen molar-refractivity contribution in [1.82, 2.24) is 13.7 Å². The van der Waals surface area contributed by atoms with Crippen LogP contribution in [0.25, 0.3) is 116 Å². The van der Waals surface area contributed by atoms with Gasteiger partial charge < -0.3 is 23.5 Å². The minimum absolute atomic E-state index is 0.0224. The molecule has 0 amide bonds. The number of rotatable bonds is 8. The van der Waals surface area contributed by atoms with Gasteiger partial charge in [0.05, 0.1) is 73.5 Å². The summed E-state index contributed by atoms with van der Waals surface area (Å²) >= 11 is 0. The van der Waals surface area contributed by atoms with Crippen molar-refractivity contribution in [1.29, 1.82) is 5.26 Å². The van der Waals surface area contributed by atoms with Crippen LogP contribution in [0, 0.1) is 11.3 Å². The molecular weight excluding hydrogens is 1260 g/mol. The van der Waals surface area contributed by atoms with Crippen LogP contribution in [0.2, 0.25) is 0 Å². The van der Waals surface area contributed by atoms with Crippen molar-refractivity contribution in [2.75, 3.05) is 9.80 Å². The van der Waals surface area contributed by atoms with Gasteiger partial charge in [-0.2, -0.15) is 5.26 Å². The molecule has 0 unspecified atom stereocenters. The van der Waals surface area contributed by atoms with Gasteiger partial charge in [0.2, 0.25) is 0 Å². The van der Waals surface area contributed by atoms with Gasteiger partial charge in [-0.15, -0.1) is 0 Å². The number of benzene rings is 14.